The number of para-hydroxylation sites is 2. The van der Waals surface area contributed by atoms with Crippen molar-refractivity contribution >= 4 is 17.4 Å². The highest BCUT2D eigenvalue weighted by Gasteiger charge is 2.09. The summed E-state index contributed by atoms with van der Waals surface area (Å²) in [6.45, 7) is 1.95. The van der Waals surface area contributed by atoms with Crippen LogP contribution in [-0.2, 0) is 4.79 Å². The molecule has 0 radical (unpaired) electrons. The number of ether oxygens (including phenoxy) is 2. The first-order chi connectivity index (χ1) is 13.7. The van der Waals surface area contributed by atoms with Gasteiger partial charge in [-0.2, -0.15) is 0 Å². The first-order valence-corrected chi connectivity index (χ1v) is 8.99. The normalized spacial score (nSPS) is 11.4. The Kier molecular flexibility index (Phi) is 6.46. The van der Waals surface area contributed by atoms with Gasteiger partial charge in [0.05, 0.1) is 19.0 Å². The Morgan fingerprint density at radius 1 is 1.00 bits per heavy atom. The zero-order chi connectivity index (χ0) is 19.8. The van der Waals surface area contributed by atoms with Gasteiger partial charge in [0.15, 0.2) is 18.1 Å². The molecule has 1 aromatic heterocycles. The molecule has 1 unspecified atom stereocenters. The van der Waals surface area contributed by atoms with Gasteiger partial charge in [-0.1, -0.05) is 42.5 Å². The number of pyridine rings is 1. The molecule has 0 aliphatic carbocycles. The number of hydrogen-bond donors (Lipinski definition) is 2. The lowest BCUT2D eigenvalue weighted by Crippen LogP contribution is -2.21. The highest BCUT2D eigenvalue weighted by Crippen LogP contribution is 2.25. The lowest BCUT2D eigenvalue weighted by Gasteiger charge is -2.15. The van der Waals surface area contributed by atoms with Crippen molar-refractivity contribution in [3.8, 4) is 11.5 Å². The Morgan fingerprint density at radius 2 is 1.71 bits per heavy atom. The SMILES string of the molecule is COc1ccccc1OCC(=O)Nc1ccc(NC(C)c2ccccc2)cn1. The van der Waals surface area contributed by atoms with Crippen LogP contribution in [0.4, 0.5) is 11.5 Å². The molecule has 0 aliphatic heterocycles. The van der Waals surface area contributed by atoms with Gasteiger partial charge in [0, 0.05) is 6.04 Å². The minimum Gasteiger partial charge on any atom is -0.493 e. The summed E-state index contributed by atoms with van der Waals surface area (Å²) in [6.07, 6.45) is 1.69. The van der Waals surface area contributed by atoms with Crippen LogP contribution in [0.15, 0.2) is 72.9 Å². The molecule has 3 rings (SSSR count). The number of rotatable bonds is 8. The lowest BCUT2D eigenvalue weighted by molar-refractivity contribution is -0.118. The van der Waals surface area contributed by atoms with Crippen molar-refractivity contribution in [1.82, 2.24) is 4.98 Å². The van der Waals surface area contributed by atoms with Crippen molar-refractivity contribution in [3.05, 3.63) is 78.5 Å². The molecule has 3 aromatic rings. The number of aromatic nitrogens is 1. The lowest BCUT2D eigenvalue weighted by atomic mass is 10.1. The summed E-state index contributed by atoms with van der Waals surface area (Å²) in [5.74, 6) is 1.27. The van der Waals surface area contributed by atoms with E-state index < -0.39 is 0 Å². The van der Waals surface area contributed by atoms with Crippen LogP contribution in [-0.4, -0.2) is 24.6 Å². The van der Waals surface area contributed by atoms with Gasteiger partial charge in [-0.05, 0) is 36.8 Å². The first-order valence-electron chi connectivity index (χ1n) is 8.99. The maximum atomic E-state index is 12.1. The van der Waals surface area contributed by atoms with E-state index in [1.54, 1.807) is 31.5 Å². The minimum atomic E-state index is -0.295. The number of hydrogen-bond acceptors (Lipinski definition) is 5. The number of carbonyl (C=O) groups is 1. The van der Waals surface area contributed by atoms with E-state index in [-0.39, 0.29) is 18.6 Å². The molecule has 0 aliphatic rings. The number of benzene rings is 2. The Morgan fingerprint density at radius 3 is 2.39 bits per heavy atom. The van der Waals surface area contributed by atoms with Crippen LogP contribution < -0.4 is 20.1 Å². The third-order valence-electron chi connectivity index (χ3n) is 4.14. The number of amides is 1. The van der Waals surface area contributed by atoms with Gasteiger partial charge >= 0.3 is 0 Å². The summed E-state index contributed by atoms with van der Waals surface area (Å²) in [6, 6.07) is 21.1. The summed E-state index contributed by atoms with van der Waals surface area (Å²) >= 11 is 0. The molecule has 1 atom stereocenters. The van der Waals surface area contributed by atoms with E-state index in [1.807, 2.05) is 36.4 Å². The molecule has 1 heterocycles. The molecule has 6 heteroatoms. The molecule has 0 saturated carbocycles. The molecule has 6 nitrogen and oxygen atoms in total. The maximum Gasteiger partial charge on any atom is 0.263 e. The van der Waals surface area contributed by atoms with Gasteiger partial charge < -0.3 is 20.1 Å². The van der Waals surface area contributed by atoms with Crippen LogP contribution in [0.25, 0.3) is 0 Å². The van der Waals surface area contributed by atoms with Crippen LogP contribution in [0.3, 0.4) is 0 Å². The molecule has 144 valence electrons. The largest absolute Gasteiger partial charge is 0.493 e. The molecule has 1 amide bonds. The van der Waals surface area contributed by atoms with Gasteiger partial charge in [0.2, 0.25) is 0 Å². The second-order valence-electron chi connectivity index (χ2n) is 6.20. The first kappa shape index (κ1) is 19.2. The zero-order valence-corrected chi connectivity index (χ0v) is 15.9. The van der Waals surface area contributed by atoms with Crippen molar-refractivity contribution in [1.29, 1.82) is 0 Å². The van der Waals surface area contributed by atoms with E-state index in [0.717, 1.165) is 5.69 Å². The average Bonchev–Trinajstić information content (AvgIpc) is 2.74. The number of anilines is 2. The molecule has 28 heavy (non-hydrogen) atoms. The monoisotopic (exact) mass is 377 g/mol. The highest BCUT2D eigenvalue weighted by atomic mass is 16.5. The Hall–Kier alpha value is -3.54. The minimum absolute atomic E-state index is 0.132. The summed E-state index contributed by atoms with van der Waals surface area (Å²) in [7, 11) is 1.56. The van der Waals surface area contributed by atoms with Crippen LogP contribution in [0, 0.1) is 0 Å². The molecule has 0 saturated heterocycles. The van der Waals surface area contributed by atoms with Crippen LogP contribution in [0.2, 0.25) is 0 Å². The molecule has 0 spiro atoms. The number of carbonyl (C=O) groups excluding carboxylic acids is 1. The van der Waals surface area contributed by atoms with E-state index in [0.29, 0.717) is 17.3 Å². The summed E-state index contributed by atoms with van der Waals surface area (Å²) in [5.41, 5.74) is 2.06. The number of methoxy groups -OCH3 is 1. The smallest absolute Gasteiger partial charge is 0.263 e. The fraction of sp³-hybridized carbons (Fsp3) is 0.182. The molecule has 2 aromatic carbocycles. The molecular weight excluding hydrogens is 354 g/mol. The topological polar surface area (TPSA) is 72.5 Å². The molecule has 2 N–H and O–H groups in total. The van der Waals surface area contributed by atoms with Crippen molar-refractivity contribution in [2.24, 2.45) is 0 Å². The van der Waals surface area contributed by atoms with E-state index >= 15 is 0 Å². The fourth-order valence-corrected chi connectivity index (χ4v) is 2.69. The highest BCUT2D eigenvalue weighted by molar-refractivity contribution is 5.91. The van der Waals surface area contributed by atoms with Gasteiger partial charge in [-0.3, -0.25) is 4.79 Å². The number of nitrogens with zero attached hydrogens (tertiary/aromatic N) is 1. The van der Waals surface area contributed by atoms with Crippen molar-refractivity contribution in [2.45, 2.75) is 13.0 Å². The van der Waals surface area contributed by atoms with Crippen molar-refractivity contribution in [3.63, 3.8) is 0 Å². The van der Waals surface area contributed by atoms with Gasteiger partial charge in [0.25, 0.3) is 5.91 Å². The predicted octanol–water partition coefficient (Wildman–Crippen LogP) is 4.28. The Balaban J connectivity index is 1.51. The van der Waals surface area contributed by atoms with E-state index in [9.17, 15) is 4.79 Å². The van der Waals surface area contributed by atoms with Gasteiger partial charge in [-0.25, -0.2) is 4.98 Å². The molecular formula is C22H23N3O3. The summed E-state index contributed by atoms with van der Waals surface area (Å²) in [4.78, 5) is 16.4. The summed E-state index contributed by atoms with van der Waals surface area (Å²) in [5, 5.41) is 6.10. The van der Waals surface area contributed by atoms with Crippen molar-refractivity contribution in [2.75, 3.05) is 24.4 Å². The van der Waals surface area contributed by atoms with Crippen LogP contribution >= 0.6 is 0 Å². The van der Waals surface area contributed by atoms with Crippen LogP contribution in [0.1, 0.15) is 18.5 Å². The standard InChI is InChI=1S/C22H23N3O3/c1-16(17-8-4-3-5-9-17)24-18-12-13-21(23-14-18)25-22(26)15-28-20-11-7-6-10-19(20)27-2/h3-14,16,24H,15H2,1-2H3,(H,23,25,26). The third kappa shape index (κ3) is 5.23. The van der Waals surface area contributed by atoms with E-state index in [4.69, 9.17) is 9.47 Å². The van der Waals surface area contributed by atoms with Crippen molar-refractivity contribution < 1.29 is 14.3 Å². The second kappa shape index (κ2) is 9.41. The maximum absolute atomic E-state index is 12.1. The average molecular weight is 377 g/mol. The van der Waals surface area contributed by atoms with E-state index in [1.165, 1.54) is 5.56 Å². The summed E-state index contributed by atoms with van der Waals surface area (Å²) < 4.78 is 10.7. The Labute approximate surface area is 164 Å². The number of nitrogens with one attached hydrogen (secondary N) is 2. The zero-order valence-electron chi connectivity index (χ0n) is 15.9. The molecule has 0 bridgehead atoms. The van der Waals surface area contributed by atoms with Crippen LogP contribution in [0.5, 0.6) is 11.5 Å². The quantitative estimate of drug-likeness (QED) is 0.613. The molecule has 0 fully saturated rings. The van der Waals surface area contributed by atoms with E-state index in [2.05, 4.69) is 34.7 Å². The third-order valence-corrected chi connectivity index (χ3v) is 4.14. The Bertz CT molecular complexity index is 898. The van der Waals surface area contributed by atoms with Gasteiger partial charge in [-0.15, -0.1) is 0 Å². The predicted molar refractivity (Wildman–Crippen MR) is 110 cm³/mol. The van der Waals surface area contributed by atoms with Gasteiger partial charge in [0.1, 0.15) is 5.82 Å². The fourth-order valence-electron chi connectivity index (χ4n) is 2.69. The second-order valence-corrected chi connectivity index (χ2v) is 6.20.